The summed E-state index contributed by atoms with van der Waals surface area (Å²) in [6, 6.07) is 6.86. The van der Waals surface area contributed by atoms with Crippen LogP contribution in [0.3, 0.4) is 0 Å². The van der Waals surface area contributed by atoms with Crippen LogP contribution in [0.25, 0.3) is 22.4 Å². The molecule has 1 aromatic carbocycles. The van der Waals surface area contributed by atoms with Crippen LogP contribution in [-0.4, -0.2) is 45.9 Å². The van der Waals surface area contributed by atoms with Gasteiger partial charge in [0.25, 0.3) is 0 Å². The van der Waals surface area contributed by atoms with Crippen LogP contribution in [0, 0.1) is 5.82 Å². The van der Waals surface area contributed by atoms with Gasteiger partial charge in [-0.15, -0.1) is 10.2 Å². The third-order valence-corrected chi connectivity index (χ3v) is 7.06. The average molecular weight is 489 g/mol. The maximum Gasteiger partial charge on any atom is 0.210 e. The molecule has 0 radical (unpaired) electrons. The number of aliphatic hydroxyl groups is 1. The van der Waals surface area contributed by atoms with Crippen molar-refractivity contribution >= 4 is 17.2 Å². The summed E-state index contributed by atoms with van der Waals surface area (Å²) in [6.07, 6.45) is 6.49. The molecule has 4 aromatic heterocycles. The monoisotopic (exact) mass is 488 g/mol. The summed E-state index contributed by atoms with van der Waals surface area (Å²) in [5.41, 5.74) is 3.72. The Morgan fingerprint density at radius 1 is 1.11 bits per heavy atom. The molecule has 0 aliphatic carbocycles. The van der Waals surface area contributed by atoms with E-state index in [4.69, 9.17) is 4.74 Å². The Labute approximate surface area is 205 Å². The molecule has 0 bridgehead atoms. The highest BCUT2D eigenvalue weighted by Crippen LogP contribution is 2.34. The molecule has 11 heteroatoms. The number of hydrogen-bond acceptors (Lipinski definition) is 8. The van der Waals surface area contributed by atoms with Gasteiger partial charge < -0.3 is 15.2 Å². The van der Waals surface area contributed by atoms with Gasteiger partial charge in [-0.25, -0.2) is 18.9 Å². The highest BCUT2D eigenvalue weighted by Gasteiger charge is 2.29. The number of pyridine rings is 1. The molecule has 36 heavy (non-hydrogen) atoms. The Kier molecular flexibility index (Phi) is 5.29. The van der Waals surface area contributed by atoms with Gasteiger partial charge in [0.2, 0.25) is 5.95 Å². The van der Waals surface area contributed by atoms with Gasteiger partial charge in [-0.3, -0.25) is 4.40 Å². The largest absolute Gasteiger partial charge is 0.493 e. The van der Waals surface area contributed by atoms with Crippen molar-refractivity contribution in [2.24, 2.45) is 0 Å². The lowest BCUT2D eigenvalue weighted by molar-refractivity contribution is 0.0219. The molecule has 0 fully saturated rings. The molecular formula is C25H25FN8O2. The smallest absolute Gasteiger partial charge is 0.210 e. The lowest BCUT2D eigenvalue weighted by atomic mass is 9.92. The minimum Gasteiger partial charge on any atom is -0.493 e. The first-order valence-electron chi connectivity index (χ1n) is 12.0. The molecule has 5 heterocycles. The zero-order valence-electron chi connectivity index (χ0n) is 19.9. The van der Waals surface area contributed by atoms with Crippen LogP contribution in [0.5, 0.6) is 5.75 Å². The average Bonchev–Trinajstić information content (AvgIpc) is 3.67. The Morgan fingerprint density at radius 3 is 2.81 bits per heavy atom. The van der Waals surface area contributed by atoms with Gasteiger partial charge in [0.15, 0.2) is 11.3 Å². The predicted molar refractivity (Wildman–Crippen MR) is 130 cm³/mol. The highest BCUT2D eigenvalue weighted by molar-refractivity contribution is 5.86. The summed E-state index contributed by atoms with van der Waals surface area (Å²) in [5, 5.41) is 27.1. The Hall–Kier alpha value is -4.12. The van der Waals surface area contributed by atoms with E-state index in [0.717, 1.165) is 16.9 Å². The predicted octanol–water partition coefficient (Wildman–Crippen LogP) is 3.53. The fourth-order valence-corrected chi connectivity index (χ4v) is 4.90. The number of nitrogens with one attached hydrogen (secondary N) is 1. The quantitative estimate of drug-likeness (QED) is 0.358. The first kappa shape index (κ1) is 22.4. The number of anilines is 1. The molecule has 10 nitrogen and oxygen atoms in total. The number of nitrogens with zero attached hydrogens (tertiary/aromatic N) is 7. The fourth-order valence-electron chi connectivity index (χ4n) is 4.90. The zero-order valence-corrected chi connectivity index (χ0v) is 19.9. The van der Waals surface area contributed by atoms with Gasteiger partial charge in [0, 0.05) is 41.4 Å². The molecule has 184 valence electrons. The topological polar surface area (TPSA) is 115 Å². The van der Waals surface area contributed by atoms with E-state index in [-0.39, 0.29) is 12.4 Å². The fraction of sp³-hybridized carbons (Fsp3) is 0.320. The number of rotatable bonds is 7. The number of halogens is 1. The Bertz CT molecular complexity index is 1590. The molecule has 0 unspecified atom stereocenters. The van der Waals surface area contributed by atoms with Crippen molar-refractivity contribution in [2.75, 3.05) is 11.9 Å². The normalized spacial score (nSPS) is 13.3. The summed E-state index contributed by atoms with van der Waals surface area (Å²) in [6.45, 7) is 4.68. The van der Waals surface area contributed by atoms with Crippen molar-refractivity contribution in [3.63, 3.8) is 0 Å². The van der Waals surface area contributed by atoms with Crippen LogP contribution in [0.1, 0.15) is 43.5 Å². The molecule has 0 saturated heterocycles. The van der Waals surface area contributed by atoms with Crippen molar-refractivity contribution in [1.29, 1.82) is 0 Å². The van der Waals surface area contributed by atoms with Crippen LogP contribution in [0.2, 0.25) is 0 Å². The molecule has 0 spiro atoms. The van der Waals surface area contributed by atoms with Crippen molar-refractivity contribution < 1.29 is 14.2 Å². The number of ether oxygens (including phenoxy) is 1. The number of benzene rings is 1. The van der Waals surface area contributed by atoms with E-state index >= 15 is 0 Å². The van der Waals surface area contributed by atoms with Gasteiger partial charge in [-0.2, -0.15) is 5.10 Å². The summed E-state index contributed by atoms with van der Waals surface area (Å²) in [4.78, 5) is 9.06. The molecule has 2 N–H and O–H groups in total. The van der Waals surface area contributed by atoms with Crippen LogP contribution in [-0.2, 0) is 18.6 Å². The second-order valence-corrected chi connectivity index (χ2v) is 8.84. The lowest BCUT2D eigenvalue weighted by Crippen LogP contribution is -2.27. The Morgan fingerprint density at radius 2 is 1.97 bits per heavy atom. The maximum absolute atomic E-state index is 14.6. The third kappa shape index (κ3) is 3.38. The second kappa shape index (κ2) is 8.52. The number of aromatic nitrogens is 7. The minimum absolute atomic E-state index is 0.244. The standard InChI is InChI=1S/C25H25FN8O2/c1-3-25(35,4-2)21-8-5-16(22-29-13-31-34(21)22)18-12-28-24(33-14-30-32-23(18)33)27-11-17-15-9-10-36-20(15)7-6-19(17)26/h5-8,12-14,35H,3-4,9-11H2,1-2H3,(H,27,28). The zero-order chi connectivity index (χ0) is 24.9. The van der Waals surface area contributed by atoms with Crippen molar-refractivity contribution in [2.45, 2.75) is 45.3 Å². The summed E-state index contributed by atoms with van der Waals surface area (Å²) >= 11 is 0. The lowest BCUT2D eigenvalue weighted by Gasteiger charge is -2.26. The molecule has 0 amide bonds. The Balaban J connectivity index is 1.39. The van der Waals surface area contributed by atoms with Crippen molar-refractivity contribution in [1.82, 2.24) is 34.2 Å². The first-order chi connectivity index (χ1) is 17.5. The first-order valence-corrected chi connectivity index (χ1v) is 12.0. The summed E-state index contributed by atoms with van der Waals surface area (Å²) in [7, 11) is 0. The van der Waals surface area contributed by atoms with Gasteiger partial charge in [-0.05, 0) is 37.1 Å². The molecule has 5 aromatic rings. The second-order valence-electron chi connectivity index (χ2n) is 8.84. The van der Waals surface area contributed by atoms with Crippen LogP contribution in [0.15, 0.2) is 43.1 Å². The summed E-state index contributed by atoms with van der Waals surface area (Å²) < 4.78 is 23.6. The third-order valence-electron chi connectivity index (χ3n) is 7.06. The van der Waals surface area contributed by atoms with E-state index in [1.165, 1.54) is 12.4 Å². The minimum atomic E-state index is -1.02. The molecule has 0 atom stereocenters. The highest BCUT2D eigenvalue weighted by atomic mass is 19.1. The molecular weight excluding hydrogens is 463 g/mol. The SMILES string of the molecule is CCC(O)(CC)c1ccc(-c2cnc(NCc3c(F)ccc4c3CCO4)n3cnnc23)c2ncnn12. The maximum atomic E-state index is 14.6. The van der Waals surface area contributed by atoms with Crippen molar-refractivity contribution in [3.8, 4) is 16.9 Å². The van der Waals surface area contributed by atoms with Gasteiger partial charge in [0.05, 0.1) is 12.3 Å². The van der Waals surface area contributed by atoms with Gasteiger partial charge in [-0.1, -0.05) is 13.8 Å². The van der Waals surface area contributed by atoms with E-state index in [1.54, 1.807) is 27.5 Å². The van der Waals surface area contributed by atoms with Crippen molar-refractivity contribution in [3.05, 3.63) is 65.8 Å². The molecule has 1 aliphatic heterocycles. The number of hydrogen-bond donors (Lipinski definition) is 2. The van der Waals surface area contributed by atoms with Crippen LogP contribution < -0.4 is 10.1 Å². The van der Waals surface area contributed by atoms with E-state index in [0.29, 0.717) is 59.9 Å². The van der Waals surface area contributed by atoms with E-state index in [2.05, 4.69) is 30.6 Å². The van der Waals surface area contributed by atoms with Gasteiger partial charge in [0.1, 0.15) is 29.8 Å². The van der Waals surface area contributed by atoms with E-state index in [9.17, 15) is 9.50 Å². The van der Waals surface area contributed by atoms with Crippen LogP contribution >= 0.6 is 0 Å². The van der Waals surface area contributed by atoms with Gasteiger partial charge >= 0.3 is 0 Å². The summed E-state index contributed by atoms with van der Waals surface area (Å²) in [5.74, 6) is 0.927. The molecule has 0 saturated carbocycles. The van der Waals surface area contributed by atoms with E-state index in [1.807, 2.05) is 26.0 Å². The molecule has 6 rings (SSSR count). The number of fused-ring (bicyclic) bond motifs is 3. The van der Waals surface area contributed by atoms with Crippen LogP contribution in [0.4, 0.5) is 10.3 Å². The molecule has 1 aliphatic rings. The van der Waals surface area contributed by atoms with E-state index < -0.39 is 5.60 Å².